The van der Waals surface area contributed by atoms with E-state index in [0.29, 0.717) is 11.3 Å². The molecule has 3 rings (SSSR count). The number of ether oxygens (including phenoxy) is 1. The van der Waals surface area contributed by atoms with Gasteiger partial charge in [-0.1, -0.05) is 13.8 Å². The van der Waals surface area contributed by atoms with Crippen molar-refractivity contribution in [3.63, 3.8) is 0 Å². The van der Waals surface area contributed by atoms with Gasteiger partial charge in [0.25, 0.3) is 10.0 Å². The minimum Gasteiger partial charge on any atom is -0.462 e. The quantitative estimate of drug-likeness (QED) is 0.397. The number of thioether (sulfide) groups is 1. The maximum Gasteiger partial charge on any atom is 0.341 e. The fraction of sp³-hybridized carbons (Fsp3) is 0.455. The third kappa shape index (κ3) is 5.29. The van der Waals surface area contributed by atoms with E-state index >= 15 is 0 Å². The molecule has 0 saturated carbocycles. The summed E-state index contributed by atoms with van der Waals surface area (Å²) >= 11 is 2.71. The van der Waals surface area contributed by atoms with E-state index in [9.17, 15) is 18.0 Å². The molecule has 0 saturated heterocycles. The number of hydrogen-bond donors (Lipinski definition) is 2. The maximum absolute atomic E-state index is 13.2. The number of anilines is 2. The summed E-state index contributed by atoms with van der Waals surface area (Å²) in [5.74, 6) is -0.946. The van der Waals surface area contributed by atoms with E-state index in [1.165, 1.54) is 35.2 Å². The van der Waals surface area contributed by atoms with Crippen molar-refractivity contribution in [2.45, 2.75) is 56.2 Å². The molecular weight excluding hydrogens is 468 g/mol. The lowest BCUT2D eigenvalue weighted by Gasteiger charge is -2.14. The summed E-state index contributed by atoms with van der Waals surface area (Å²) in [5.41, 5.74) is 1.65. The molecule has 0 fully saturated rings. The molecule has 1 aromatic carbocycles. The molecule has 1 aliphatic rings. The Balaban J connectivity index is 1.98. The van der Waals surface area contributed by atoms with Crippen LogP contribution in [0.5, 0.6) is 0 Å². The molecule has 0 unspecified atom stereocenters. The van der Waals surface area contributed by atoms with Gasteiger partial charge in [0, 0.05) is 15.7 Å². The number of nitrogens with one attached hydrogen (secondary N) is 2. The van der Waals surface area contributed by atoms with Crippen LogP contribution >= 0.6 is 23.1 Å². The smallest absolute Gasteiger partial charge is 0.341 e. The second kappa shape index (κ2) is 10.3. The van der Waals surface area contributed by atoms with Crippen LogP contribution < -0.4 is 10.0 Å². The van der Waals surface area contributed by atoms with Crippen LogP contribution in [0.25, 0.3) is 0 Å². The van der Waals surface area contributed by atoms with E-state index in [-0.39, 0.29) is 28.3 Å². The van der Waals surface area contributed by atoms with Crippen molar-refractivity contribution in [3.05, 3.63) is 34.2 Å². The highest BCUT2D eigenvalue weighted by Crippen LogP contribution is 2.40. The first kappa shape index (κ1) is 24.6. The van der Waals surface area contributed by atoms with Gasteiger partial charge in [-0.15, -0.1) is 23.1 Å². The molecule has 1 amide bonds. The van der Waals surface area contributed by atoms with Crippen molar-refractivity contribution < 1.29 is 22.7 Å². The number of aryl methyl sites for hydroxylation is 1. The largest absolute Gasteiger partial charge is 0.462 e. The van der Waals surface area contributed by atoms with Crippen LogP contribution in [0.1, 0.15) is 54.4 Å². The van der Waals surface area contributed by atoms with Gasteiger partial charge in [-0.25, -0.2) is 13.2 Å². The van der Waals surface area contributed by atoms with Gasteiger partial charge >= 0.3 is 5.97 Å². The van der Waals surface area contributed by atoms with Crippen molar-refractivity contribution in [1.29, 1.82) is 0 Å². The van der Waals surface area contributed by atoms with Crippen LogP contribution in [0.3, 0.4) is 0 Å². The summed E-state index contributed by atoms with van der Waals surface area (Å²) in [5, 5.41) is 3.09. The normalized spacial score (nSPS) is 13.5. The SMILES string of the molecule is CCOC(=O)c1c(NS(=O)(=O)c2ccc(SC)c(NC(=O)C(C)C)c2)sc2c1CCCC2. The van der Waals surface area contributed by atoms with Crippen molar-refractivity contribution in [3.8, 4) is 0 Å². The monoisotopic (exact) mass is 496 g/mol. The molecule has 0 radical (unpaired) electrons. The van der Waals surface area contributed by atoms with E-state index in [4.69, 9.17) is 4.74 Å². The van der Waals surface area contributed by atoms with Gasteiger partial charge in [0.05, 0.1) is 22.8 Å². The van der Waals surface area contributed by atoms with Gasteiger partial charge in [0.2, 0.25) is 5.91 Å². The number of hydrogen-bond acceptors (Lipinski definition) is 7. The third-order valence-electron chi connectivity index (χ3n) is 5.14. The Labute approximate surface area is 197 Å². The highest BCUT2D eigenvalue weighted by molar-refractivity contribution is 7.98. The summed E-state index contributed by atoms with van der Waals surface area (Å²) in [7, 11) is -4.00. The standard InChI is InChI=1S/C22H28N2O5S3/c1-5-29-22(26)19-15-8-6-7-9-17(15)31-21(19)24-32(27,28)14-10-11-18(30-4)16(12-14)23-20(25)13(2)3/h10-13,24H,5-9H2,1-4H3,(H,23,25). The topological polar surface area (TPSA) is 102 Å². The molecule has 1 aromatic heterocycles. The van der Waals surface area contributed by atoms with Gasteiger partial charge in [0.1, 0.15) is 5.00 Å². The molecule has 32 heavy (non-hydrogen) atoms. The highest BCUT2D eigenvalue weighted by atomic mass is 32.2. The van der Waals surface area contributed by atoms with Crippen LogP contribution in [-0.2, 0) is 32.4 Å². The molecule has 10 heteroatoms. The van der Waals surface area contributed by atoms with Crippen molar-refractivity contribution >= 4 is 55.7 Å². The highest BCUT2D eigenvalue weighted by Gasteiger charge is 2.29. The molecule has 1 heterocycles. The summed E-state index contributed by atoms with van der Waals surface area (Å²) < 4.78 is 34.3. The minimum absolute atomic E-state index is 0.00976. The van der Waals surface area contributed by atoms with E-state index in [1.54, 1.807) is 26.8 Å². The average Bonchev–Trinajstić information content (AvgIpc) is 3.10. The lowest BCUT2D eigenvalue weighted by molar-refractivity contribution is -0.118. The summed E-state index contributed by atoms with van der Waals surface area (Å²) in [4.78, 5) is 26.6. The number of sulfonamides is 1. The molecule has 0 bridgehead atoms. The second-order valence-corrected chi connectivity index (χ2v) is 11.4. The molecule has 2 N–H and O–H groups in total. The Morgan fingerprint density at radius 3 is 2.59 bits per heavy atom. The van der Waals surface area contributed by atoms with Crippen LogP contribution in [0.15, 0.2) is 28.0 Å². The lowest BCUT2D eigenvalue weighted by atomic mass is 9.95. The third-order valence-corrected chi connectivity index (χ3v) is 8.62. The minimum atomic E-state index is -4.00. The van der Waals surface area contributed by atoms with Crippen LogP contribution in [0.2, 0.25) is 0 Å². The number of carbonyl (C=O) groups is 2. The maximum atomic E-state index is 13.2. The summed E-state index contributed by atoms with van der Waals surface area (Å²) in [6.45, 7) is 5.48. The van der Waals surface area contributed by atoms with Gasteiger partial charge in [-0.3, -0.25) is 9.52 Å². The molecule has 2 aromatic rings. The number of fused-ring (bicyclic) bond motifs is 1. The number of esters is 1. The molecule has 1 aliphatic carbocycles. The van der Waals surface area contributed by atoms with Crippen molar-refractivity contribution in [2.24, 2.45) is 5.92 Å². The Morgan fingerprint density at radius 2 is 1.94 bits per heavy atom. The van der Waals surface area contributed by atoms with Crippen molar-refractivity contribution in [2.75, 3.05) is 22.9 Å². The molecule has 7 nitrogen and oxygen atoms in total. The first-order valence-corrected chi connectivity index (χ1v) is 14.0. The zero-order valence-corrected chi connectivity index (χ0v) is 21.1. The molecule has 0 spiro atoms. The zero-order valence-electron chi connectivity index (χ0n) is 18.6. The van der Waals surface area contributed by atoms with Gasteiger partial charge in [-0.05, 0) is 62.6 Å². The first-order valence-electron chi connectivity index (χ1n) is 10.5. The van der Waals surface area contributed by atoms with Crippen LogP contribution in [-0.4, -0.2) is 33.2 Å². The molecule has 0 atom stereocenters. The Hall–Kier alpha value is -2.04. The van der Waals surface area contributed by atoms with Crippen molar-refractivity contribution in [1.82, 2.24) is 0 Å². The van der Waals surface area contributed by atoms with Gasteiger partial charge < -0.3 is 10.1 Å². The lowest BCUT2D eigenvalue weighted by Crippen LogP contribution is -2.19. The van der Waals surface area contributed by atoms with E-state index in [0.717, 1.165) is 41.0 Å². The molecular formula is C22H28N2O5S3. The number of amides is 1. The number of carbonyl (C=O) groups excluding carboxylic acids is 2. The Bertz CT molecular complexity index is 1120. The van der Waals surface area contributed by atoms with Crippen LogP contribution in [0, 0.1) is 5.92 Å². The predicted molar refractivity (Wildman–Crippen MR) is 129 cm³/mol. The second-order valence-electron chi connectivity index (χ2n) is 7.75. The number of benzene rings is 1. The van der Waals surface area contributed by atoms with E-state index in [2.05, 4.69) is 10.0 Å². The predicted octanol–water partition coefficient (Wildman–Crippen LogP) is 4.92. The molecule has 0 aliphatic heterocycles. The Morgan fingerprint density at radius 1 is 1.22 bits per heavy atom. The summed E-state index contributed by atoms with van der Waals surface area (Å²) in [6.07, 6.45) is 5.38. The van der Waals surface area contributed by atoms with E-state index in [1.807, 2.05) is 6.26 Å². The van der Waals surface area contributed by atoms with Gasteiger partial charge in [-0.2, -0.15) is 0 Å². The molecule has 174 valence electrons. The van der Waals surface area contributed by atoms with Gasteiger partial charge in [0.15, 0.2) is 0 Å². The zero-order chi connectivity index (χ0) is 23.5. The van der Waals surface area contributed by atoms with E-state index < -0.39 is 16.0 Å². The average molecular weight is 497 g/mol. The fourth-order valence-corrected chi connectivity index (χ4v) is 6.61. The summed E-state index contributed by atoms with van der Waals surface area (Å²) in [6, 6.07) is 4.61. The van der Waals surface area contributed by atoms with Crippen LogP contribution in [0.4, 0.5) is 10.7 Å². The first-order chi connectivity index (χ1) is 15.2. The number of thiophene rings is 1. The number of rotatable bonds is 8. The Kier molecular flexibility index (Phi) is 7.89. The fourth-order valence-electron chi connectivity index (χ4n) is 3.47.